The molecular weight excluding hydrogens is 416 g/mol. The lowest BCUT2D eigenvalue weighted by Crippen LogP contribution is -2.57. The molecule has 0 N–H and O–H groups in total. The number of piperazine rings is 2. The maximum absolute atomic E-state index is 13.0. The van der Waals surface area contributed by atoms with Crippen molar-refractivity contribution in [3.63, 3.8) is 0 Å². The highest BCUT2D eigenvalue weighted by molar-refractivity contribution is 5.88. The fourth-order valence-corrected chi connectivity index (χ4v) is 4.48. The minimum Gasteiger partial charge on any atom is -0.336 e. The number of halogens is 2. The molecule has 0 aromatic rings. The van der Waals surface area contributed by atoms with Gasteiger partial charge in [0.25, 0.3) is 0 Å². The zero-order chi connectivity index (χ0) is 23.8. The van der Waals surface area contributed by atoms with Crippen LogP contribution in [0, 0.1) is 11.3 Å². The topological polar surface area (TPSA) is 70.9 Å². The molecule has 2 rings (SSSR count). The van der Waals surface area contributed by atoms with Crippen molar-refractivity contribution in [1.29, 1.82) is 5.26 Å². The molecule has 0 aromatic carbocycles. The Balaban J connectivity index is 1.88. The van der Waals surface area contributed by atoms with E-state index in [0.29, 0.717) is 45.7 Å². The van der Waals surface area contributed by atoms with Crippen LogP contribution in [0.15, 0.2) is 24.8 Å². The minimum atomic E-state index is -2.40. The summed E-state index contributed by atoms with van der Waals surface area (Å²) >= 11 is 0. The maximum Gasteiger partial charge on any atom is 0.247 e. The first-order chi connectivity index (χ1) is 15.2. The lowest BCUT2D eigenvalue weighted by atomic mass is 10.1. The van der Waals surface area contributed by atoms with Crippen LogP contribution in [-0.4, -0.2) is 101 Å². The fourth-order valence-electron chi connectivity index (χ4n) is 4.48. The number of amides is 2. The summed E-state index contributed by atoms with van der Waals surface area (Å²) in [7, 11) is 0. The van der Waals surface area contributed by atoms with Crippen LogP contribution in [-0.2, 0) is 9.59 Å². The van der Waals surface area contributed by atoms with E-state index in [0.717, 1.165) is 0 Å². The number of hydrogen-bond acceptors (Lipinski definition) is 5. The van der Waals surface area contributed by atoms with Gasteiger partial charge in [-0.25, -0.2) is 8.78 Å². The van der Waals surface area contributed by atoms with Crippen LogP contribution >= 0.6 is 0 Å². The van der Waals surface area contributed by atoms with Gasteiger partial charge in [0.2, 0.25) is 18.2 Å². The van der Waals surface area contributed by atoms with Gasteiger partial charge in [-0.3, -0.25) is 19.4 Å². The summed E-state index contributed by atoms with van der Waals surface area (Å²) in [4.78, 5) is 31.9. The number of rotatable bonds is 8. The monoisotopic (exact) mass is 451 g/mol. The fraction of sp³-hybridized carbons (Fsp3) is 0.696. The molecule has 0 bridgehead atoms. The molecule has 2 aliphatic rings. The van der Waals surface area contributed by atoms with E-state index in [9.17, 15) is 23.6 Å². The third-order valence-corrected chi connectivity index (χ3v) is 6.33. The zero-order valence-electron chi connectivity index (χ0n) is 19.3. The van der Waals surface area contributed by atoms with Crippen LogP contribution in [0.1, 0.15) is 33.6 Å². The molecule has 2 aliphatic heterocycles. The van der Waals surface area contributed by atoms with Crippen molar-refractivity contribution < 1.29 is 18.4 Å². The van der Waals surface area contributed by atoms with Gasteiger partial charge in [0.05, 0.1) is 6.07 Å². The number of carbonyl (C=O) groups excluding carboxylic acids is 2. The quantitative estimate of drug-likeness (QED) is 0.529. The van der Waals surface area contributed by atoms with Gasteiger partial charge in [-0.2, -0.15) is 5.26 Å². The van der Waals surface area contributed by atoms with Crippen molar-refractivity contribution in [2.75, 3.05) is 39.3 Å². The molecule has 0 saturated carbocycles. The summed E-state index contributed by atoms with van der Waals surface area (Å²) in [6.07, 6.45) is 2.55. The Morgan fingerprint density at radius 1 is 1.12 bits per heavy atom. The van der Waals surface area contributed by atoms with Crippen molar-refractivity contribution in [3.8, 4) is 6.07 Å². The van der Waals surface area contributed by atoms with Crippen LogP contribution in [0.4, 0.5) is 8.78 Å². The molecule has 2 heterocycles. The largest absolute Gasteiger partial charge is 0.336 e. The smallest absolute Gasteiger partial charge is 0.247 e. The predicted molar refractivity (Wildman–Crippen MR) is 119 cm³/mol. The lowest BCUT2D eigenvalue weighted by molar-refractivity contribution is -0.130. The van der Waals surface area contributed by atoms with E-state index in [1.165, 1.54) is 17.1 Å². The molecule has 7 nitrogen and oxygen atoms in total. The Bertz CT molecular complexity index is 736. The predicted octanol–water partition coefficient (Wildman–Crippen LogP) is 2.12. The highest BCUT2D eigenvalue weighted by Crippen LogP contribution is 2.20. The first-order valence-corrected chi connectivity index (χ1v) is 11.2. The Labute approximate surface area is 189 Å². The van der Waals surface area contributed by atoms with E-state index < -0.39 is 12.5 Å². The van der Waals surface area contributed by atoms with Gasteiger partial charge in [-0.1, -0.05) is 12.7 Å². The number of carbonyl (C=O) groups is 2. The zero-order valence-corrected chi connectivity index (χ0v) is 19.3. The van der Waals surface area contributed by atoms with Gasteiger partial charge >= 0.3 is 0 Å². The van der Waals surface area contributed by atoms with Gasteiger partial charge in [0, 0.05) is 63.8 Å². The molecule has 9 heteroatoms. The van der Waals surface area contributed by atoms with Gasteiger partial charge in [0.1, 0.15) is 6.04 Å². The standard InChI is InChI=1S/C23H35F2N5O2/c1-5-22(31)30-12-9-27(16-20(30)14-26)18(4)7-6-8-23(32)28-10-11-29(17(2)3)19(15-28)13-21(24)25/h5-6,8,17-21H,1,7,9-13,15-16H2,2-4H3/b8-6+. The highest BCUT2D eigenvalue weighted by atomic mass is 19.3. The molecule has 32 heavy (non-hydrogen) atoms. The molecule has 0 aliphatic carbocycles. The lowest BCUT2D eigenvalue weighted by Gasteiger charge is -2.43. The van der Waals surface area contributed by atoms with Crippen LogP contribution in [0.5, 0.6) is 0 Å². The highest BCUT2D eigenvalue weighted by Gasteiger charge is 2.33. The second-order valence-corrected chi connectivity index (χ2v) is 8.76. The van der Waals surface area contributed by atoms with Crippen molar-refractivity contribution in [2.24, 2.45) is 0 Å². The van der Waals surface area contributed by atoms with Gasteiger partial charge in [0.15, 0.2) is 0 Å². The van der Waals surface area contributed by atoms with Gasteiger partial charge < -0.3 is 9.80 Å². The molecule has 3 unspecified atom stereocenters. The summed E-state index contributed by atoms with van der Waals surface area (Å²) in [5.74, 6) is -0.395. The first kappa shape index (κ1) is 25.9. The Morgan fingerprint density at radius 3 is 2.44 bits per heavy atom. The molecular formula is C23H35F2N5O2. The number of alkyl halides is 2. The summed E-state index contributed by atoms with van der Waals surface area (Å²) < 4.78 is 26.0. The maximum atomic E-state index is 13.0. The summed E-state index contributed by atoms with van der Waals surface area (Å²) in [6, 6.07) is 1.58. The van der Waals surface area contributed by atoms with E-state index in [-0.39, 0.29) is 36.4 Å². The second-order valence-electron chi connectivity index (χ2n) is 8.76. The van der Waals surface area contributed by atoms with Crippen molar-refractivity contribution in [1.82, 2.24) is 19.6 Å². The Morgan fingerprint density at radius 2 is 1.84 bits per heavy atom. The number of hydrogen-bond donors (Lipinski definition) is 0. The SMILES string of the molecule is C=CC(=O)N1CCN(C(C)C/C=C/C(=O)N2CCN(C(C)C)C(CC(F)F)C2)CC1C#N. The van der Waals surface area contributed by atoms with Crippen molar-refractivity contribution >= 4 is 11.8 Å². The molecule has 0 spiro atoms. The van der Waals surface area contributed by atoms with E-state index >= 15 is 0 Å². The average molecular weight is 452 g/mol. The van der Waals surface area contributed by atoms with Gasteiger partial charge in [-0.05, 0) is 39.3 Å². The van der Waals surface area contributed by atoms with Crippen LogP contribution < -0.4 is 0 Å². The van der Waals surface area contributed by atoms with Crippen LogP contribution in [0.3, 0.4) is 0 Å². The summed E-state index contributed by atoms with van der Waals surface area (Å²) in [5.41, 5.74) is 0. The average Bonchev–Trinajstić information content (AvgIpc) is 2.77. The Kier molecular flexibility index (Phi) is 9.79. The van der Waals surface area contributed by atoms with E-state index in [1.54, 1.807) is 4.90 Å². The molecule has 178 valence electrons. The minimum absolute atomic E-state index is 0.0975. The molecule has 0 aromatic heterocycles. The number of nitrogens with zero attached hydrogens (tertiary/aromatic N) is 5. The van der Waals surface area contributed by atoms with Crippen LogP contribution in [0.25, 0.3) is 0 Å². The molecule has 2 saturated heterocycles. The third-order valence-electron chi connectivity index (χ3n) is 6.33. The normalized spacial score (nSPS) is 24.2. The van der Waals surface area contributed by atoms with E-state index in [2.05, 4.69) is 17.5 Å². The third kappa shape index (κ3) is 6.84. The first-order valence-electron chi connectivity index (χ1n) is 11.2. The van der Waals surface area contributed by atoms with Crippen LogP contribution in [0.2, 0.25) is 0 Å². The second kappa shape index (κ2) is 12.1. The summed E-state index contributed by atoms with van der Waals surface area (Å²) in [5, 5.41) is 9.41. The van der Waals surface area contributed by atoms with Crippen molar-refractivity contribution in [2.45, 2.75) is 64.2 Å². The van der Waals surface area contributed by atoms with E-state index in [1.807, 2.05) is 31.7 Å². The number of nitriles is 1. The van der Waals surface area contributed by atoms with Crippen molar-refractivity contribution in [3.05, 3.63) is 24.8 Å². The molecule has 0 radical (unpaired) electrons. The summed E-state index contributed by atoms with van der Waals surface area (Å²) in [6.45, 7) is 12.5. The molecule has 2 fully saturated rings. The molecule has 3 atom stereocenters. The molecule has 2 amide bonds. The van der Waals surface area contributed by atoms with Gasteiger partial charge in [-0.15, -0.1) is 0 Å². The van der Waals surface area contributed by atoms with E-state index in [4.69, 9.17) is 0 Å². The Hall–Kier alpha value is -2.31.